The van der Waals surface area contributed by atoms with Crippen LogP contribution in [0.5, 0.6) is 0 Å². The second-order valence-corrected chi connectivity index (χ2v) is 5.23. The third kappa shape index (κ3) is 2.08. The molecule has 0 bridgehead atoms. The Labute approximate surface area is 105 Å². The summed E-state index contributed by atoms with van der Waals surface area (Å²) in [6.07, 6.45) is 9.65. The Morgan fingerprint density at radius 2 is 2.12 bits per heavy atom. The maximum atomic E-state index is 4.70. The summed E-state index contributed by atoms with van der Waals surface area (Å²) in [6, 6.07) is 8.31. The predicted molar refractivity (Wildman–Crippen MR) is 75.1 cm³/mol. The molecule has 0 aliphatic heterocycles. The second kappa shape index (κ2) is 4.30. The minimum Gasteiger partial charge on any atom is -0.236 e. The molecule has 1 heterocycles. The lowest BCUT2D eigenvalue weighted by atomic mass is 10.1. The summed E-state index contributed by atoms with van der Waals surface area (Å²) in [5.74, 6) is 0. The average molecular weight is 239 g/mol. The molecule has 1 aromatic carbocycles. The van der Waals surface area contributed by atoms with Crippen LogP contribution in [-0.2, 0) is 0 Å². The third-order valence-corrected chi connectivity index (χ3v) is 3.92. The molecule has 3 rings (SSSR count). The molecule has 1 nitrogen and oxygen atoms in total. The van der Waals surface area contributed by atoms with E-state index in [4.69, 9.17) is 4.98 Å². The van der Waals surface area contributed by atoms with Gasteiger partial charge in [0.05, 0.1) is 10.2 Å². The average Bonchev–Trinajstić information content (AvgIpc) is 2.65. The number of hydrogen-bond donors (Lipinski definition) is 0. The lowest BCUT2D eigenvalue weighted by Gasteiger charge is -1.98. The van der Waals surface area contributed by atoms with Gasteiger partial charge in [-0.15, -0.1) is 11.3 Å². The largest absolute Gasteiger partial charge is 0.236 e. The van der Waals surface area contributed by atoms with Gasteiger partial charge in [0.1, 0.15) is 5.01 Å². The minimum atomic E-state index is 0.966. The van der Waals surface area contributed by atoms with Gasteiger partial charge in [-0.3, -0.25) is 0 Å². The molecule has 2 heteroatoms. The Kier molecular flexibility index (Phi) is 2.65. The quantitative estimate of drug-likeness (QED) is 0.709. The maximum Gasteiger partial charge on any atom is 0.120 e. The predicted octanol–water partition coefficient (Wildman–Crippen LogP) is 4.59. The molecule has 0 N–H and O–H groups in total. The van der Waals surface area contributed by atoms with Gasteiger partial charge in [-0.2, -0.15) is 0 Å². The topological polar surface area (TPSA) is 12.9 Å². The number of fused-ring (bicyclic) bond motifs is 1. The van der Waals surface area contributed by atoms with Gasteiger partial charge in [-0.1, -0.05) is 42.0 Å². The van der Waals surface area contributed by atoms with Gasteiger partial charge in [0.2, 0.25) is 0 Å². The van der Waals surface area contributed by atoms with E-state index in [0.29, 0.717) is 0 Å². The summed E-state index contributed by atoms with van der Waals surface area (Å²) >= 11 is 1.77. The van der Waals surface area contributed by atoms with Crippen LogP contribution in [0.2, 0.25) is 0 Å². The molecule has 0 fully saturated rings. The zero-order valence-electron chi connectivity index (χ0n) is 9.68. The molecule has 0 spiro atoms. The molecule has 17 heavy (non-hydrogen) atoms. The number of nitrogens with zero attached hydrogens (tertiary/aromatic N) is 1. The fraction of sp³-hybridized carbons (Fsp3) is 0.133. The summed E-state index contributed by atoms with van der Waals surface area (Å²) in [5.41, 5.74) is 3.70. The van der Waals surface area contributed by atoms with Crippen LogP contribution in [0.1, 0.15) is 18.4 Å². The van der Waals surface area contributed by atoms with Crippen molar-refractivity contribution in [2.45, 2.75) is 13.3 Å². The second-order valence-electron chi connectivity index (χ2n) is 4.20. The van der Waals surface area contributed by atoms with Crippen molar-refractivity contribution in [1.82, 2.24) is 4.98 Å². The van der Waals surface area contributed by atoms with E-state index in [1.165, 1.54) is 15.8 Å². The SMILES string of the molecule is CC1=CC=CCC(c2nc3ccccc3s2)=C1. The van der Waals surface area contributed by atoms with Crippen LogP contribution in [0.3, 0.4) is 0 Å². The Morgan fingerprint density at radius 3 is 3.00 bits per heavy atom. The summed E-state index contributed by atoms with van der Waals surface area (Å²) in [7, 11) is 0. The Bertz CT molecular complexity index is 611. The fourth-order valence-corrected chi connectivity index (χ4v) is 2.95. The van der Waals surface area contributed by atoms with E-state index in [1.807, 2.05) is 6.07 Å². The molecule has 0 atom stereocenters. The van der Waals surface area contributed by atoms with Crippen LogP contribution in [0.25, 0.3) is 15.8 Å². The van der Waals surface area contributed by atoms with Crippen molar-refractivity contribution in [2.24, 2.45) is 0 Å². The smallest absolute Gasteiger partial charge is 0.120 e. The first-order valence-electron chi connectivity index (χ1n) is 5.73. The summed E-state index contributed by atoms with van der Waals surface area (Å²) in [4.78, 5) is 4.70. The first kappa shape index (κ1) is 10.5. The summed E-state index contributed by atoms with van der Waals surface area (Å²) in [5, 5.41) is 1.14. The molecular formula is C15H13NS. The monoisotopic (exact) mass is 239 g/mol. The summed E-state index contributed by atoms with van der Waals surface area (Å²) in [6.45, 7) is 2.13. The highest BCUT2D eigenvalue weighted by Crippen LogP contribution is 2.30. The highest BCUT2D eigenvalue weighted by Gasteiger charge is 2.08. The molecule has 1 aliphatic carbocycles. The molecule has 0 radical (unpaired) electrons. The van der Waals surface area contributed by atoms with Gasteiger partial charge in [0.15, 0.2) is 0 Å². The number of para-hydroxylation sites is 1. The fourth-order valence-electron chi connectivity index (χ4n) is 1.96. The van der Waals surface area contributed by atoms with Gasteiger partial charge < -0.3 is 0 Å². The van der Waals surface area contributed by atoms with Crippen LogP contribution in [0.15, 0.2) is 54.1 Å². The van der Waals surface area contributed by atoms with Crippen molar-refractivity contribution < 1.29 is 0 Å². The van der Waals surface area contributed by atoms with Crippen molar-refractivity contribution >= 4 is 27.1 Å². The van der Waals surface area contributed by atoms with Gasteiger partial charge >= 0.3 is 0 Å². The van der Waals surface area contributed by atoms with E-state index in [2.05, 4.69) is 49.4 Å². The number of thiazole rings is 1. The van der Waals surface area contributed by atoms with Gasteiger partial charge in [0, 0.05) is 0 Å². The summed E-state index contributed by atoms with van der Waals surface area (Å²) < 4.78 is 1.26. The van der Waals surface area contributed by atoms with Crippen molar-refractivity contribution in [2.75, 3.05) is 0 Å². The highest BCUT2D eigenvalue weighted by atomic mass is 32.1. The van der Waals surface area contributed by atoms with Gasteiger partial charge in [-0.25, -0.2) is 4.98 Å². The van der Waals surface area contributed by atoms with Gasteiger partial charge in [-0.05, 0) is 31.1 Å². The normalized spacial score (nSPS) is 15.6. The first-order valence-corrected chi connectivity index (χ1v) is 6.54. The zero-order valence-corrected chi connectivity index (χ0v) is 10.5. The maximum absolute atomic E-state index is 4.70. The number of benzene rings is 1. The van der Waals surface area contributed by atoms with Crippen LogP contribution in [0.4, 0.5) is 0 Å². The van der Waals surface area contributed by atoms with E-state index in [9.17, 15) is 0 Å². The number of aromatic nitrogens is 1. The van der Waals surface area contributed by atoms with E-state index >= 15 is 0 Å². The third-order valence-electron chi connectivity index (χ3n) is 2.80. The molecular weight excluding hydrogens is 226 g/mol. The number of rotatable bonds is 1. The van der Waals surface area contributed by atoms with Crippen molar-refractivity contribution in [3.8, 4) is 0 Å². The lowest BCUT2D eigenvalue weighted by molar-refractivity contribution is 1.34. The molecule has 1 aliphatic rings. The van der Waals surface area contributed by atoms with Crippen LogP contribution in [0, 0.1) is 0 Å². The standard InChI is InChI=1S/C15H13NS/c1-11-6-2-3-7-12(10-11)15-16-13-8-4-5-9-14(13)17-15/h2-6,8-10H,7H2,1H3. The molecule has 0 unspecified atom stereocenters. The van der Waals surface area contributed by atoms with Crippen molar-refractivity contribution in [1.29, 1.82) is 0 Å². The molecule has 0 saturated heterocycles. The Hall–Kier alpha value is -1.67. The molecule has 1 aromatic heterocycles. The Morgan fingerprint density at radius 1 is 1.24 bits per heavy atom. The van der Waals surface area contributed by atoms with E-state index in [1.54, 1.807) is 11.3 Å². The van der Waals surface area contributed by atoms with Crippen molar-refractivity contribution in [3.05, 3.63) is 59.2 Å². The number of allylic oxidation sites excluding steroid dienone is 6. The minimum absolute atomic E-state index is 0.966. The zero-order chi connectivity index (χ0) is 11.7. The first-order chi connectivity index (χ1) is 8.33. The van der Waals surface area contributed by atoms with Crippen LogP contribution in [-0.4, -0.2) is 4.98 Å². The van der Waals surface area contributed by atoms with E-state index < -0.39 is 0 Å². The van der Waals surface area contributed by atoms with Crippen LogP contribution >= 0.6 is 11.3 Å². The number of hydrogen-bond acceptors (Lipinski definition) is 2. The van der Waals surface area contributed by atoms with E-state index in [-0.39, 0.29) is 0 Å². The van der Waals surface area contributed by atoms with Crippen LogP contribution < -0.4 is 0 Å². The highest BCUT2D eigenvalue weighted by molar-refractivity contribution is 7.19. The Balaban J connectivity index is 2.09. The lowest BCUT2D eigenvalue weighted by Crippen LogP contribution is -1.81. The molecule has 0 amide bonds. The van der Waals surface area contributed by atoms with E-state index in [0.717, 1.165) is 16.9 Å². The van der Waals surface area contributed by atoms with Crippen molar-refractivity contribution in [3.63, 3.8) is 0 Å². The van der Waals surface area contributed by atoms with Gasteiger partial charge in [0.25, 0.3) is 0 Å². The molecule has 84 valence electrons. The molecule has 0 saturated carbocycles. The molecule has 2 aromatic rings.